The molecule has 0 unspecified atom stereocenters. The molecule has 1 aliphatic rings. The summed E-state index contributed by atoms with van der Waals surface area (Å²) in [4.78, 5) is 4.78. The highest BCUT2D eigenvalue weighted by Gasteiger charge is 2.33. The van der Waals surface area contributed by atoms with Crippen molar-refractivity contribution in [2.45, 2.75) is 45.6 Å². The lowest BCUT2D eigenvalue weighted by molar-refractivity contribution is 0.138. The van der Waals surface area contributed by atoms with Gasteiger partial charge in [0, 0.05) is 38.4 Å². The molecule has 7 heteroatoms. The molecule has 0 heterocycles. The smallest absolute Gasteiger partial charge is 0.191 e. The molecular weight excluding hydrogens is 370 g/mol. The Morgan fingerprint density at radius 1 is 0.966 bits per heavy atom. The van der Waals surface area contributed by atoms with E-state index in [9.17, 15) is 0 Å². The summed E-state index contributed by atoms with van der Waals surface area (Å²) in [5.41, 5.74) is 1.24. The number of guanidine groups is 1. The van der Waals surface area contributed by atoms with Gasteiger partial charge in [0.2, 0.25) is 0 Å². The zero-order chi connectivity index (χ0) is 21.1. The van der Waals surface area contributed by atoms with E-state index in [1.54, 1.807) is 28.4 Å². The third-order valence-electron chi connectivity index (χ3n) is 5.67. The number of hydrogen-bond donors (Lipinski definition) is 2. The molecular formula is C22H37N3O4. The molecule has 0 atom stereocenters. The Morgan fingerprint density at radius 3 is 2.21 bits per heavy atom. The van der Waals surface area contributed by atoms with Crippen LogP contribution in [0, 0.1) is 5.41 Å². The predicted octanol–water partition coefficient (Wildman–Crippen LogP) is 3.36. The van der Waals surface area contributed by atoms with Crippen molar-refractivity contribution in [3.8, 4) is 17.2 Å². The van der Waals surface area contributed by atoms with Crippen LogP contribution in [0.3, 0.4) is 0 Å². The van der Waals surface area contributed by atoms with Gasteiger partial charge in [0.25, 0.3) is 0 Å². The summed E-state index contributed by atoms with van der Waals surface area (Å²) in [5.74, 6) is 2.85. The highest BCUT2D eigenvalue weighted by molar-refractivity contribution is 5.79. The van der Waals surface area contributed by atoms with Crippen molar-refractivity contribution in [3.05, 3.63) is 17.7 Å². The first-order valence-corrected chi connectivity index (χ1v) is 10.4. The number of aliphatic imine (C=N–C) groups is 1. The fourth-order valence-corrected chi connectivity index (χ4v) is 3.95. The van der Waals surface area contributed by atoms with E-state index >= 15 is 0 Å². The monoisotopic (exact) mass is 407 g/mol. The first-order chi connectivity index (χ1) is 14.1. The molecule has 0 radical (unpaired) electrons. The number of methoxy groups -OCH3 is 4. The number of hydrogen-bond acceptors (Lipinski definition) is 5. The highest BCUT2D eigenvalue weighted by Crippen LogP contribution is 2.40. The molecule has 0 amide bonds. The molecule has 0 spiro atoms. The van der Waals surface area contributed by atoms with E-state index in [-0.39, 0.29) is 0 Å². The molecule has 164 valence electrons. The summed E-state index contributed by atoms with van der Waals surface area (Å²) in [6.07, 6.45) is 6.15. The van der Waals surface area contributed by atoms with Crippen LogP contribution in [0.25, 0.3) is 0 Å². The molecule has 7 nitrogen and oxygen atoms in total. The van der Waals surface area contributed by atoms with Gasteiger partial charge in [-0.25, -0.2) is 4.99 Å². The molecule has 0 saturated heterocycles. The van der Waals surface area contributed by atoms with Gasteiger partial charge in [0.15, 0.2) is 17.5 Å². The molecule has 1 aromatic carbocycles. The maximum atomic E-state index is 5.52. The van der Waals surface area contributed by atoms with Crippen LogP contribution in [-0.2, 0) is 11.3 Å². The Kier molecular flexibility index (Phi) is 9.38. The van der Waals surface area contributed by atoms with Crippen molar-refractivity contribution in [2.75, 3.05) is 48.1 Å². The van der Waals surface area contributed by atoms with Gasteiger partial charge in [-0.1, -0.05) is 12.8 Å². The fraction of sp³-hybridized carbons (Fsp3) is 0.682. The van der Waals surface area contributed by atoms with E-state index in [1.807, 2.05) is 12.1 Å². The summed E-state index contributed by atoms with van der Waals surface area (Å²) in [6.45, 7) is 5.07. The second-order valence-electron chi connectivity index (χ2n) is 7.52. The normalized spacial score (nSPS) is 15.8. The zero-order valence-electron chi connectivity index (χ0n) is 18.6. The average Bonchev–Trinajstić information content (AvgIpc) is 3.22. The maximum absolute atomic E-state index is 5.52. The molecule has 29 heavy (non-hydrogen) atoms. The molecule has 0 aromatic heterocycles. The third-order valence-corrected chi connectivity index (χ3v) is 5.67. The number of nitrogens with zero attached hydrogens (tertiary/aromatic N) is 1. The van der Waals surface area contributed by atoms with Crippen molar-refractivity contribution >= 4 is 5.96 Å². The summed E-state index contributed by atoms with van der Waals surface area (Å²) < 4.78 is 21.7. The highest BCUT2D eigenvalue weighted by atomic mass is 16.5. The standard InChI is InChI=1S/C22H37N3O4/c1-6-23-21(25-16-22(11-12-26-2)9-7-8-10-22)24-15-17-13-19(28-4)20(29-5)14-18(17)27-3/h13-14H,6-12,15-16H2,1-5H3,(H2,23,24,25). The van der Waals surface area contributed by atoms with Crippen LogP contribution in [0.1, 0.15) is 44.6 Å². The van der Waals surface area contributed by atoms with Crippen molar-refractivity contribution in [1.82, 2.24) is 10.6 Å². The summed E-state index contributed by atoms with van der Waals surface area (Å²) >= 11 is 0. The first-order valence-electron chi connectivity index (χ1n) is 10.4. The van der Waals surface area contributed by atoms with E-state index in [0.717, 1.165) is 43.4 Å². The van der Waals surface area contributed by atoms with E-state index < -0.39 is 0 Å². The van der Waals surface area contributed by atoms with Gasteiger partial charge in [-0.15, -0.1) is 0 Å². The third kappa shape index (κ3) is 6.42. The Labute approximate surface area is 175 Å². The fourth-order valence-electron chi connectivity index (χ4n) is 3.95. The molecule has 1 fully saturated rings. The lowest BCUT2D eigenvalue weighted by atomic mass is 9.83. The zero-order valence-corrected chi connectivity index (χ0v) is 18.6. The molecule has 0 aliphatic heterocycles. The van der Waals surface area contributed by atoms with Crippen LogP contribution in [0.15, 0.2) is 17.1 Å². The molecule has 2 rings (SSSR count). The average molecular weight is 408 g/mol. The Balaban J connectivity index is 2.12. The van der Waals surface area contributed by atoms with Crippen LogP contribution >= 0.6 is 0 Å². The first kappa shape index (κ1) is 23.1. The largest absolute Gasteiger partial charge is 0.496 e. The van der Waals surface area contributed by atoms with Gasteiger partial charge in [-0.05, 0) is 37.7 Å². The Hall–Kier alpha value is -2.15. The lowest BCUT2D eigenvalue weighted by Crippen LogP contribution is -2.43. The van der Waals surface area contributed by atoms with Crippen LogP contribution in [-0.4, -0.2) is 54.1 Å². The molecule has 1 saturated carbocycles. The SMILES string of the molecule is CCNC(=NCc1cc(OC)c(OC)cc1OC)NCC1(CCOC)CCCC1. The van der Waals surface area contributed by atoms with Crippen molar-refractivity contribution < 1.29 is 18.9 Å². The number of ether oxygens (including phenoxy) is 4. The second-order valence-corrected chi connectivity index (χ2v) is 7.52. The van der Waals surface area contributed by atoms with Crippen molar-refractivity contribution in [3.63, 3.8) is 0 Å². The molecule has 1 aromatic rings. The molecule has 1 aliphatic carbocycles. The van der Waals surface area contributed by atoms with Crippen LogP contribution < -0.4 is 24.8 Å². The minimum atomic E-state index is 0.299. The van der Waals surface area contributed by atoms with Crippen LogP contribution in [0.5, 0.6) is 17.2 Å². The minimum Gasteiger partial charge on any atom is -0.496 e. The molecule has 2 N–H and O–H groups in total. The second kappa shape index (κ2) is 11.8. The van der Waals surface area contributed by atoms with Gasteiger partial charge in [0.1, 0.15) is 5.75 Å². The van der Waals surface area contributed by atoms with Gasteiger partial charge < -0.3 is 29.6 Å². The van der Waals surface area contributed by atoms with Crippen LogP contribution in [0.4, 0.5) is 0 Å². The Morgan fingerprint density at radius 2 is 1.62 bits per heavy atom. The van der Waals surface area contributed by atoms with E-state index in [2.05, 4.69) is 17.6 Å². The summed E-state index contributed by atoms with van der Waals surface area (Å²) in [6, 6.07) is 3.75. The van der Waals surface area contributed by atoms with Gasteiger partial charge in [-0.3, -0.25) is 0 Å². The number of nitrogens with one attached hydrogen (secondary N) is 2. The lowest BCUT2D eigenvalue weighted by Gasteiger charge is -2.30. The maximum Gasteiger partial charge on any atom is 0.191 e. The number of rotatable bonds is 11. The molecule has 0 bridgehead atoms. The summed E-state index contributed by atoms with van der Waals surface area (Å²) in [7, 11) is 6.67. The number of benzene rings is 1. The Bertz CT molecular complexity index is 658. The van der Waals surface area contributed by atoms with E-state index in [4.69, 9.17) is 23.9 Å². The van der Waals surface area contributed by atoms with E-state index in [0.29, 0.717) is 23.5 Å². The van der Waals surface area contributed by atoms with Gasteiger partial charge in [0.05, 0.1) is 27.9 Å². The van der Waals surface area contributed by atoms with Gasteiger partial charge in [-0.2, -0.15) is 0 Å². The topological polar surface area (TPSA) is 73.3 Å². The predicted molar refractivity (Wildman–Crippen MR) is 116 cm³/mol. The van der Waals surface area contributed by atoms with Crippen molar-refractivity contribution in [1.29, 1.82) is 0 Å². The van der Waals surface area contributed by atoms with Crippen molar-refractivity contribution in [2.24, 2.45) is 10.4 Å². The van der Waals surface area contributed by atoms with Crippen LogP contribution in [0.2, 0.25) is 0 Å². The van der Waals surface area contributed by atoms with Gasteiger partial charge >= 0.3 is 0 Å². The van der Waals surface area contributed by atoms with E-state index in [1.165, 1.54) is 25.7 Å². The minimum absolute atomic E-state index is 0.299. The quantitative estimate of drug-likeness (QED) is 0.433. The summed E-state index contributed by atoms with van der Waals surface area (Å²) in [5, 5.41) is 6.91.